The highest BCUT2D eigenvalue weighted by Gasteiger charge is 2.11. The van der Waals surface area contributed by atoms with Gasteiger partial charge >= 0.3 is 6.03 Å². The third-order valence-electron chi connectivity index (χ3n) is 3.10. The third-order valence-corrected chi connectivity index (χ3v) is 3.10. The molecule has 0 aliphatic heterocycles. The first-order valence-corrected chi connectivity index (χ1v) is 6.75. The molecule has 0 radical (unpaired) electrons. The maximum absolute atomic E-state index is 13.5. The van der Waals surface area contributed by atoms with E-state index in [2.05, 4.69) is 10.6 Å². The zero-order valence-electron chi connectivity index (χ0n) is 12.7. The van der Waals surface area contributed by atoms with Gasteiger partial charge in [-0.25, -0.2) is 13.6 Å². The number of carbonyl (C=O) groups excluding carboxylic acids is 1. The molecule has 0 unspecified atom stereocenters. The second-order valence-electron chi connectivity index (χ2n) is 4.58. The van der Waals surface area contributed by atoms with Crippen LogP contribution in [0.2, 0.25) is 0 Å². The number of amides is 2. The van der Waals surface area contributed by atoms with Crippen molar-refractivity contribution in [1.82, 2.24) is 5.32 Å². The van der Waals surface area contributed by atoms with Gasteiger partial charge in [0.1, 0.15) is 11.6 Å². The molecule has 7 heteroatoms. The zero-order chi connectivity index (χ0) is 16.8. The van der Waals surface area contributed by atoms with Crippen LogP contribution < -0.4 is 20.1 Å². The molecule has 0 atom stereocenters. The van der Waals surface area contributed by atoms with Crippen LogP contribution in [0, 0.1) is 11.6 Å². The van der Waals surface area contributed by atoms with Crippen LogP contribution in [0.15, 0.2) is 36.4 Å². The number of anilines is 1. The molecule has 2 rings (SSSR count). The molecule has 0 saturated carbocycles. The lowest BCUT2D eigenvalue weighted by atomic mass is 10.2. The second-order valence-corrected chi connectivity index (χ2v) is 4.58. The number of urea groups is 1. The van der Waals surface area contributed by atoms with Crippen molar-refractivity contribution >= 4 is 11.7 Å². The first-order chi connectivity index (χ1) is 11.0. The van der Waals surface area contributed by atoms with Gasteiger partial charge in [-0.05, 0) is 18.2 Å². The normalized spacial score (nSPS) is 10.1. The summed E-state index contributed by atoms with van der Waals surface area (Å²) in [5, 5.41) is 4.88. The SMILES string of the molecule is COc1cccc(CNC(=O)Nc2ccc(F)cc2F)c1OC. The first-order valence-electron chi connectivity index (χ1n) is 6.75. The van der Waals surface area contributed by atoms with Crippen LogP contribution in [-0.4, -0.2) is 20.3 Å². The zero-order valence-corrected chi connectivity index (χ0v) is 12.7. The molecule has 2 N–H and O–H groups in total. The van der Waals surface area contributed by atoms with Crippen LogP contribution in [0.3, 0.4) is 0 Å². The number of halogens is 2. The van der Waals surface area contributed by atoms with Crippen molar-refractivity contribution in [3.8, 4) is 11.5 Å². The predicted octanol–water partition coefficient (Wildman–Crippen LogP) is 3.30. The van der Waals surface area contributed by atoms with E-state index in [4.69, 9.17) is 9.47 Å². The van der Waals surface area contributed by atoms with Crippen molar-refractivity contribution in [2.45, 2.75) is 6.54 Å². The quantitative estimate of drug-likeness (QED) is 0.888. The van der Waals surface area contributed by atoms with Crippen LogP contribution in [0.25, 0.3) is 0 Å². The third kappa shape index (κ3) is 4.09. The molecule has 2 aromatic rings. The van der Waals surface area contributed by atoms with Gasteiger partial charge < -0.3 is 20.1 Å². The molecule has 122 valence electrons. The fourth-order valence-electron chi connectivity index (χ4n) is 2.03. The fourth-order valence-corrected chi connectivity index (χ4v) is 2.03. The molecule has 0 saturated heterocycles. The molecule has 2 amide bonds. The minimum absolute atomic E-state index is 0.110. The van der Waals surface area contributed by atoms with Gasteiger partial charge in [0.05, 0.1) is 19.9 Å². The van der Waals surface area contributed by atoms with Crippen molar-refractivity contribution in [3.05, 3.63) is 53.6 Å². The monoisotopic (exact) mass is 322 g/mol. The molecule has 2 aromatic carbocycles. The number of ether oxygens (including phenoxy) is 2. The Morgan fingerprint density at radius 2 is 1.91 bits per heavy atom. The minimum Gasteiger partial charge on any atom is -0.493 e. The first kappa shape index (κ1) is 16.5. The van der Waals surface area contributed by atoms with Crippen molar-refractivity contribution in [1.29, 1.82) is 0 Å². The topological polar surface area (TPSA) is 59.6 Å². The van der Waals surface area contributed by atoms with E-state index in [0.29, 0.717) is 23.1 Å². The Bertz CT molecular complexity index is 708. The molecule has 5 nitrogen and oxygen atoms in total. The van der Waals surface area contributed by atoms with Crippen LogP contribution in [0.5, 0.6) is 11.5 Å². The van der Waals surface area contributed by atoms with Crippen molar-refractivity contribution in [3.63, 3.8) is 0 Å². The average Bonchev–Trinajstić information content (AvgIpc) is 2.55. The van der Waals surface area contributed by atoms with E-state index in [1.165, 1.54) is 14.2 Å². The Balaban J connectivity index is 2.02. The number of methoxy groups -OCH3 is 2. The van der Waals surface area contributed by atoms with E-state index in [1.54, 1.807) is 18.2 Å². The number of nitrogens with one attached hydrogen (secondary N) is 2. The highest BCUT2D eigenvalue weighted by atomic mass is 19.1. The molecule has 0 fully saturated rings. The van der Waals surface area contributed by atoms with Gasteiger partial charge in [-0.2, -0.15) is 0 Å². The lowest BCUT2D eigenvalue weighted by Gasteiger charge is -2.13. The summed E-state index contributed by atoms with van der Waals surface area (Å²) in [6, 6.07) is 7.54. The summed E-state index contributed by atoms with van der Waals surface area (Å²) < 4.78 is 36.7. The van der Waals surface area contributed by atoms with E-state index in [1.807, 2.05) is 0 Å². The number of rotatable bonds is 5. The summed E-state index contributed by atoms with van der Waals surface area (Å²) >= 11 is 0. The second kappa shape index (κ2) is 7.44. The van der Waals surface area contributed by atoms with Gasteiger partial charge in [0.2, 0.25) is 0 Å². The highest BCUT2D eigenvalue weighted by Crippen LogP contribution is 2.30. The molecule has 0 heterocycles. The van der Waals surface area contributed by atoms with Gasteiger partial charge in [0.25, 0.3) is 0 Å². The van der Waals surface area contributed by atoms with Gasteiger partial charge in [0, 0.05) is 18.2 Å². The molecule has 0 aliphatic carbocycles. The standard InChI is InChI=1S/C16H16F2N2O3/c1-22-14-5-3-4-10(15(14)23-2)9-19-16(21)20-13-7-6-11(17)8-12(13)18/h3-8H,9H2,1-2H3,(H2,19,20,21). The van der Waals surface area contributed by atoms with Gasteiger partial charge in [-0.3, -0.25) is 0 Å². The molecular weight excluding hydrogens is 306 g/mol. The summed E-state index contributed by atoms with van der Waals surface area (Å²) in [5.41, 5.74) is 0.586. The van der Waals surface area contributed by atoms with Crippen molar-refractivity contribution in [2.24, 2.45) is 0 Å². The minimum atomic E-state index is -0.848. The van der Waals surface area contributed by atoms with E-state index in [0.717, 1.165) is 12.1 Å². The summed E-state index contributed by atoms with van der Waals surface area (Å²) in [6.45, 7) is 0.148. The van der Waals surface area contributed by atoms with Crippen molar-refractivity contribution < 1.29 is 23.0 Å². The van der Waals surface area contributed by atoms with E-state index in [9.17, 15) is 13.6 Å². The number of para-hydroxylation sites is 1. The Morgan fingerprint density at radius 1 is 1.13 bits per heavy atom. The van der Waals surface area contributed by atoms with Gasteiger partial charge in [-0.1, -0.05) is 12.1 Å². The molecule has 0 bridgehead atoms. The summed E-state index contributed by atoms with van der Waals surface area (Å²) in [6.07, 6.45) is 0. The Kier molecular flexibility index (Phi) is 5.35. The van der Waals surface area contributed by atoms with E-state index < -0.39 is 17.7 Å². The van der Waals surface area contributed by atoms with Crippen LogP contribution in [0.1, 0.15) is 5.56 Å². The Labute approximate surface area is 132 Å². The van der Waals surface area contributed by atoms with Crippen LogP contribution in [0.4, 0.5) is 19.3 Å². The predicted molar refractivity (Wildman–Crippen MR) is 81.8 cm³/mol. The highest BCUT2D eigenvalue weighted by molar-refractivity contribution is 5.89. The van der Waals surface area contributed by atoms with Crippen molar-refractivity contribution in [2.75, 3.05) is 19.5 Å². The van der Waals surface area contributed by atoms with Gasteiger partial charge in [0.15, 0.2) is 11.5 Å². The molecule has 0 aromatic heterocycles. The fraction of sp³-hybridized carbons (Fsp3) is 0.188. The lowest BCUT2D eigenvalue weighted by molar-refractivity contribution is 0.251. The largest absolute Gasteiger partial charge is 0.493 e. The summed E-state index contributed by atoms with van der Waals surface area (Å²) in [7, 11) is 3.01. The molecule has 0 aliphatic rings. The number of carbonyl (C=O) groups is 1. The maximum atomic E-state index is 13.5. The number of hydrogen-bond acceptors (Lipinski definition) is 3. The molecule has 23 heavy (non-hydrogen) atoms. The average molecular weight is 322 g/mol. The smallest absolute Gasteiger partial charge is 0.319 e. The molecule has 0 spiro atoms. The molecular formula is C16H16F2N2O3. The van der Waals surface area contributed by atoms with E-state index >= 15 is 0 Å². The number of hydrogen-bond donors (Lipinski definition) is 2. The summed E-state index contributed by atoms with van der Waals surface area (Å²) in [5.74, 6) is -0.520. The number of benzene rings is 2. The lowest BCUT2D eigenvalue weighted by Crippen LogP contribution is -2.28. The van der Waals surface area contributed by atoms with Crippen LogP contribution >= 0.6 is 0 Å². The maximum Gasteiger partial charge on any atom is 0.319 e. The van der Waals surface area contributed by atoms with E-state index in [-0.39, 0.29) is 12.2 Å². The Hall–Kier alpha value is -2.83. The van der Waals surface area contributed by atoms with Crippen LogP contribution in [-0.2, 0) is 6.54 Å². The summed E-state index contributed by atoms with van der Waals surface area (Å²) in [4.78, 5) is 11.8. The van der Waals surface area contributed by atoms with Gasteiger partial charge in [-0.15, -0.1) is 0 Å². The Morgan fingerprint density at radius 3 is 2.57 bits per heavy atom.